The first-order valence-electron chi connectivity index (χ1n) is 18.7. The lowest BCUT2D eigenvalue weighted by Crippen LogP contribution is -1.95. The number of para-hydroxylation sites is 6. The molecule has 0 aliphatic heterocycles. The molecule has 0 fully saturated rings. The Bertz CT molecular complexity index is 3420. The van der Waals surface area contributed by atoms with E-state index in [1.807, 2.05) is 48.5 Å². The molecule has 8 aromatic carbocycles. The Morgan fingerprint density at radius 3 is 1.38 bits per heavy atom. The average Bonchev–Trinajstić information content (AvgIpc) is 4.04. The molecule has 12 rings (SSSR count). The van der Waals surface area contributed by atoms with Crippen LogP contribution in [0.15, 0.2) is 191 Å². The van der Waals surface area contributed by atoms with Gasteiger partial charge < -0.3 is 18.0 Å². The summed E-state index contributed by atoms with van der Waals surface area (Å²) < 4.78 is 17.0. The molecule has 6 heteroatoms. The standard InChI is InChI=1S/C50H30N4O2/c1-5-16-43-37(12-1)39-29-33(49-51-41-14-3-7-18-47(41)55-49)22-26-45(39)53(43)35-24-20-31(21-25-35)32-10-9-11-36(28-32)54-44-17-6-2-13-38(44)40-30-34(23-27-46(40)54)50-52-42-15-4-8-19-48(42)56-50/h1-30H. The Hall–Kier alpha value is -7.70. The molecule has 0 saturated heterocycles. The monoisotopic (exact) mass is 718 g/mol. The predicted molar refractivity (Wildman–Crippen MR) is 227 cm³/mol. The second-order valence-corrected chi connectivity index (χ2v) is 14.2. The van der Waals surface area contributed by atoms with Crippen molar-refractivity contribution in [1.29, 1.82) is 0 Å². The molecule has 0 spiro atoms. The van der Waals surface area contributed by atoms with Crippen LogP contribution >= 0.6 is 0 Å². The SMILES string of the molecule is c1cc(-c2ccc(-n3c4ccccc4c4cc(-c5nc6ccccc6o5)ccc43)cc2)cc(-n2c3ccccc3c3cc(-c4nc5ccccc5o4)ccc32)c1. The van der Waals surface area contributed by atoms with Crippen LogP contribution in [0.1, 0.15) is 0 Å². The van der Waals surface area contributed by atoms with Gasteiger partial charge in [0.15, 0.2) is 11.2 Å². The van der Waals surface area contributed by atoms with Crippen molar-refractivity contribution in [2.24, 2.45) is 0 Å². The molecule has 12 aromatic rings. The second kappa shape index (κ2) is 11.9. The molecule has 0 amide bonds. The summed E-state index contributed by atoms with van der Waals surface area (Å²) in [5.74, 6) is 1.25. The highest BCUT2D eigenvalue weighted by molar-refractivity contribution is 6.11. The maximum Gasteiger partial charge on any atom is 0.227 e. The molecule has 4 aromatic heterocycles. The number of benzene rings is 8. The van der Waals surface area contributed by atoms with E-state index in [4.69, 9.17) is 18.8 Å². The van der Waals surface area contributed by atoms with Gasteiger partial charge in [-0.25, -0.2) is 9.97 Å². The van der Waals surface area contributed by atoms with Gasteiger partial charge in [0.1, 0.15) is 11.0 Å². The molecule has 4 heterocycles. The first kappa shape index (κ1) is 30.7. The summed E-state index contributed by atoms with van der Waals surface area (Å²) >= 11 is 0. The molecule has 0 aliphatic carbocycles. The summed E-state index contributed by atoms with van der Waals surface area (Å²) in [5, 5.41) is 4.68. The van der Waals surface area contributed by atoms with Crippen LogP contribution < -0.4 is 0 Å². The van der Waals surface area contributed by atoms with E-state index < -0.39 is 0 Å². The average molecular weight is 719 g/mol. The van der Waals surface area contributed by atoms with Gasteiger partial charge in [-0.2, -0.15) is 0 Å². The first-order chi connectivity index (χ1) is 27.7. The van der Waals surface area contributed by atoms with E-state index in [1.165, 1.54) is 10.8 Å². The minimum absolute atomic E-state index is 0.626. The van der Waals surface area contributed by atoms with E-state index in [0.29, 0.717) is 11.8 Å². The van der Waals surface area contributed by atoms with Gasteiger partial charge in [0.05, 0.1) is 22.1 Å². The summed E-state index contributed by atoms with van der Waals surface area (Å²) in [6, 6.07) is 63.6. The minimum atomic E-state index is 0.626. The zero-order chi connectivity index (χ0) is 36.7. The van der Waals surface area contributed by atoms with Crippen LogP contribution in [0.5, 0.6) is 0 Å². The van der Waals surface area contributed by atoms with Gasteiger partial charge in [-0.05, 0) is 108 Å². The molecule has 0 aliphatic rings. The van der Waals surface area contributed by atoms with Gasteiger partial charge in [0.2, 0.25) is 11.8 Å². The zero-order valence-corrected chi connectivity index (χ0v) is 29.9. The summed E-state index contributed by atoms with van der Waals surface area (Å²) in [4.78, 5) is 9.54. The molecule has 56 heavy (non-hydrogen) atoms. The molecule has 6 nitrogen and oxygen atoms in total. The maximum atomic E-state index is 6.15. The van der Waals surface area contributed by atoms with E-state index in [0.717, 1.165) is 88.7 Å². The Morgan fingerprint density at radius 1 is 0.321 bits per heavy atom. The third kappa shape index (κ3) is 4.69. The normalized spacial score (nSPS) is 11.9. The largest absolute Gasteiger partial charge is 0.436 e. The third-order valence-electron chi connectivity index (χ3n) is 11.0. The van der Waals surface area contributed by atoms with Crippen molar-refractivity contribution in [1.82, 2.24) is 19.1 Å². The molecule has 0 atom stereocenters. The number of hydrogen-bond acceptors (Lipinski definition) is 4. The lowest BCUT2D eigenvalue weighted by Gasteiger charge is -2.12. The fraction of sp³-hybridized carbons (Fsp3) is 0. The second-order valence-electron chi connectivity index (χ2n) is 14.2. The van der Waals surface area contributed by atoms with E-state index in [1.54, 1.807) is 0 Å². The Labute approximate surface area is 320 Å². The van der Waals surface area contributed by atoms with E-state index in [2.05, 4.69) is 143 Å². The van der Waals surface area contributed by atoms with E-state index in [-0.39, 0.29) is 0 Å². The molecular formula is C50H30N4O2. The van der Waals surface area contributed by atoms with Crippen molar-refractivity contribution >= 4 is 65.8 Å². The first-order valence-corrected chi connectivity index (χ1v) is 18.7. The Morgan fingerprint density at radius 2 is 0.804 bits per heavy atom. The van der Waals surface area contributed by atoms with Crippen molar-refractivity contribution < 1.29 is 8.83 Å². The van der Waals surface area contributed by atoms with E-state index >= 15 is 0 Å². The Balaban J connectivity index is 0.927. The summed E-state index contributed by atoms with van der Waals surface area (Å²) in [7, 11) is 0. The van der Waals surface area contributed by atoms with Gasteiger partial charge >= 0.3 is 0 Å². The van der Waals surface area contributed by atoms with Crippen LogP contribution in [0.2, 0.25) is 0 Å². The van der Waals surface area contributed by atoms with Gasteiger partial charge in [0.25, 0.3) is 0 Å². The van der Waals surface area contributed by atoms with Crippen molar-refractivity contribution in [3.05, 3.63) is 182 Å². The van der Waals surface area contributed by atoms with Gasteiger partial charge in [-0.1, -0.05) is 84.9 Å². The smallest absolute Gasteiger partial charge is 0.227 e. The maximum absolute atomic E-state index is 6.15. The number of hydrogen-bond donors (Lipinski definition) is 0. The molecule has 0 unspecified atom stereocenters. The molecule has 0 saturated carbocycles. The quantitative estimate of drug-likeness (QED) is 0.178. The highest BCUT2D eigenvalue weighted by atomic mass is 16.4. The topological polar surface area (TPSA) is 61.9 Å². The highest BCUT2D eigenvalue weighted by Crippen LogP contribution is 2.38. The van der Waals surface area contributed by atoms with Crippen molar-refractivity contribution in [3.63, 3.8) is 0 Å². The van der Waals surface area contributed by atoms with Crippen LogP contribution in [0.4, 0.5) is 0 Å². The minimum Gasteiger partial charge on any atom is -0.436 e. The number of rotatable bonds is 5. The van der Waals surface area contributed by atoms with E-state index in [9.17, 15) is 0 Å². The number of aromatic nitrogens is 4. The van der Waals surface area contributed by atoms with Crippen LogP contribution in [0.25, 0.3) is 111 Å². The molecule has 0 N–H and O–H groups in total. The number of fused-ring (bicyclic) bond motifs is 8. The molecule has 0 radical (unpaired) electrons. The lowest BCUT2D eigenvalue weighted by molar-refractivity contribution is 0.619. The summed E-state index contributed by atoms with van der Waals surface area (Å²) in [6.07, 6.45) is 0. The van der Waals surface area contributed by atoms with Crippen LogP contribution in [-0.2, 0) is 0 Å². The number of oxazole rings is 2. The molecule has 262 valence electrons. The number of nitrogens with zero attached hydrogens (tertiary/aromatic N) is 4. The third-order valence-corrected chi connectivity index (χ3v) is 11.0. The van der Waals surface area contributed by atoms with Crippen molar-refractivity contribution in [3.8, 4) is 45.4 Å². The fourth-order valence-corrected chi connectivity index (χ4v) is 8.39. The summed E-state index contributed by atoms with van der Waals surface area (Å²) in [6.45, 7) is 0. The predicted octanol–water partition coefficient (Wildman–Crippen LogP) is 13.2. The fourth-order valence-electron chi connectivity index (χ4n) is 8.39. The lowest BCUT2D eigenvalue weighted by atomic mass is 10.0. The Kier molecular flexibility index (Phi) is 6.53. The summed E-state index contributed by atoms with van der Waals surface area (Å²) in [5.41, 5.74) is 14.3. The van der Waals surface area contributed by atoms with Crippen LogP contribution in [0.3, 0.4) is 0 Å². The van der Waals surface area contributed by atoms with Crippen LogP contribution in [-0.4, -0.2) is 19.1 Å². The zero-order valence-electron chi connectivity index (χ0n) is 29.9. The van der Waals surface area contributed by atoms with Crippen molar-refractivity contribution in [2.75, 3.05) is 0 Å². The highest BCUT2D eigenvalue weighted by Gasteiger charge is 2.18. The van der Waals surface area contributed by atoms with Gasteiger partial charge in [0, 0.05) is 44.0 Å². The molecular weight excluding hydrogens is 689 g/mol. The van der Waals surface area contributed by atoms with Crippen LogP contribution in [0, 0.1) is 0 Å². The van der Waals surface area contributed by atoms with Crippen molar-refractivity contribution in [2.45, 2.75) is 0 Å². The van der Waals surface area contributed by atoms with Gasteiger partial charge in [-0.3, -0.25) is 0 Å². The molecule has 0 bridgehead atoms. The van der Waals surface area contributed by atoms with Gasteiger partial charge in [-0.15, -0.1) is 0 Å².